The van der Waals surface area contributed by atoms with Crippen LogP contribution >= 0.6 is 11.6 Å². The standard InChI is InChI=1S/C25H31ClN4O2S/c26-19-7-5-17(6-8-19)18-12-24(13-18)14-30(15-24)23-27-20-4-1-2-11-33(32)21(20)22(28-23)29-25(16-31)9-3-10-25/h5-8,18,31H,1-4,9-16H2,(H,27,28,29). The number of aliphatic hydroxyl groups excluding tert-OH is 1. The molecule has 33 heavy (non-hydrogen) atoms. The lowest BCUT2D eigenvalue weighted by molar-refractivity contribution is 0.0619. The second kappa shape index (κ2) is 8.21. The van der Waals surface area contributed by atoms with Crippen LogP contribution in [-0.2, 0) is 17.2 Å². The molecule has 6 nitrogen and oxygen atoms in total. The fourth-order valence-corrected chi connectivity index (χ4v) is 7.56. The third kappa shape index (κ3) is 3.86. The zero-order chi connectivity index (χ0) is 22.6. The fraction of sp³-hybridized carbons (Fsp3) is 0.600. The Bertz CT molecular complexity index is 1070. The predicted molar refractivity (Wildman–Crippen MR) is 132 cm³/mol. The SMILES string of the molecule is O=S1CCCCc2nc(N3CC4(CC(c5ccc(Cl)cc5)C4)C3)nc(NC3(CO)CCC3)c21. The van der Waals surface area contributed by atoms with Crippen LogP contribution in [0.4, 0.5) is 11.8 Å². The molecule has 0 bridgehead atoms. The monoisotopic (exact) mass is 486 g/mol. The molecule has 8 heteroatoms. The van der Waals surface area contributed by atoms with Gasteiger partial charge in [-0.05, 0) is 75.0 Å². The lowest BCUT2D eigenvalue weighted by Crippen LogP contribution is -2.62. The van der Waals surface area contributed by atoms with E-state index in [-0.39, 0.29) is 12.1 Å². The topological polar surface area (TPSA) is 78.4 Å². The smallest absolute Gasteiger partial charge is 0.227 e. The van der Waals surface area contributed by atoms with Crippen LogP contribution in [0.1, 0.15) is 62.1 Å². The maximum atomic E-state index is 13.0. The van der Waals surface area contributed by atoms with E-state index in [1.165, 1.54) is 18.4 Å². The van der Waals surface area contributed by atoms with Crippen LogP contribution in [0.2, 0.25) is 5.02 Å². The zero-order valence-corrected chi connectivity index (χ0v) is 20.4. The predicted octanol–water partition coefficient (Wildman–Crippen LogP) is 4.28. The third-order valence-electron chi connectivity index (χ3n) is 8.18. The van der Waals surface area contributed by atoms with Gasteiger partial charge in [0.15, 0.2) is 0 Å². The van der Waals surface area contributed by atoms with Crippen molar-refractivity contribution >= 4 is 34.2 Å². The van der Waals surface area contributed by atoms with E-state index in [2.05, 4.69) is 22.3 Å². The van der Waals surface area contributed by atoms with Crippen LogP contribution in [-0.4, -0.2) is 50.3 Å². The largest absolute Gasteiger partial charge is 0.394 e. The van der Waals surface area contributed by atoms with Crippen LogP contribution < -0.4 is 10.2 Å². The summed E-state index contributed by atoms with van der Waals surface area (Å²) in [6.45, 7) is 2.03. The molecule has 176 valence electrons. The van der Waals surface area contributed by atoms with E-state index in [1.807, 2.05) is 12.1 Å². The Morgan fingerprint density at radius 2 is 1.88 bits per heavy atom. The van der Waals surface area contributed by atoms with Gasteiger partial charge < -0.3 is 15.3 Å². The molecule has 1 aromatic carbocycles. The van der Waals surface area contributed by atoms with Gasteiger partial charge in [-0.1, -0.05) is 23.7 Å². The number of hydrogen-bond donors (Lipinski definition) is 2. The van der Waals surface area contributed by atoms with Crippen molar-refractivity contribution < 1.29 is 9.32 Å². The molecule has 6 rings (SSSR count). The molecule has 2 aliphatic carbocycles. The molecule has 1 spiro atoms. The Hall–Kier alpha value is -1.70. The molecule has 0 amide bonds. The van der Waals surface area contributed by atoms with Crippen LogP contribution in [0.15, 0.2) is 29.2 Å². The summed E-state index contributed by atoms with van der Waals surface area (Å²) in [5.74, 6) is 2.72. The average molecular weight is 487 g/mol. The van der Waals surface area contributed by atoms with Gasteiger partial charge >= 0.3 is 0 Å². The minimum atomic E-state index is -1.09. The van der Waals surface area contributed by atoms with Gasteiger partial charge in [0, 0.05) is 29.3 Å². The van der Waals surface area contributed by atoms with Crippen molar-refractivity contribution in [2.24, 2.45) is 5.41 Å². The lowest BCUT2D eigenvalue weighted by Gasteiger charge is -2.59. The Kier molecular flexibility index (Phi) is 5.42. The zero-order valence-electron chi connectivity index (χ0n) is 18.9. The molecule has 4 aliphatic rings. The van der Waals surface area contributed by atoms with Crippen molar-refractivity contribution in [3.63, 3.8) is 0 Å². The number of fused-ring (bicyclic) bond motifs is 1. The van der Waals surface area contributed by atoms with Gasteiger partial charge in [0.05, 0.1) is 28.6 Å². The fourth-order valence-electron chi connectivity index (χ4n) is 6.04. The van der Waals surface area contributed by atoms with Gasteiger partial charge in [0.25, 0.3) is 0 Å². The highest BCUT2D eigenvalue weighted by molar-refractivity contribution is 7.85. The van der Waals surface area contributed by atoms with E-state index in [4.69, 9.17) is 21.6 Å². The highest BCUT2D eigenvalue weighted by Crippen LogP contribution is 2.56. The summed E-state index contributed by atoms with van der Waals surface area (Å²) in [6.07, 6.45) is 8.12. The van der Waals surface area contributed by atoms with Crippen molar-refractivity contribution in [2.75, 3.05) is 35.7 Å². The van der Waals surface area contributed by atoms with Crippen LogP contribution in [0.5, 0.6) is 0 Å². The summed E-state index contributed by atoms with van der Waals surface area (Å²) in [7, 11) is -1.09. The number of anilines is 2. The number of aryl methyl sites for hydroxylation is 1. The van der Waals surface area contributed by atoms with Crippen molar-refractivity contribution in [3.05, 3.63) is 40.5 Å². The summed E-state index contributed by atoms with van der Waals surface area (Å²) < 4.78 is 13.0. The maximum absolute atomic E-state index is 13.0. The Morgan fingerprint density at radius 1 is 1.12 bits per heavy atom. The number of aliphatic hydroxyl groups is 1. The number of benzene rings is 1. The lowest BCUT2D eigenvalue weighted by atomic mass is 9.56. The van der Waals surface area contributed by atoms with E-state index < -0.39 is 10.8 Å². The molecule has 1 saturated heterocycles. The second-order valence-corrected chi connectivity index (χ2v) is 12.5. The quantitative estimate of drug-likeness (QED) is 0.656. The van der Waals surface area contributed by atoms with Crippen LogP contribution in [0.25, 0.3) is 0 Å². The van der Waals surface area contributed by atoms with Gasteiger partial charge in [-0.2, -0.15) is 4.98 Å². The van der Waals surface area contributed by atoms with E-state index in [0.29, 0.717) is 22.9 Å². The molecular formula is C25H31ClN4O2S. The highest BCUT2D eigenvalue weighted by Gasteiger charge is 2.53. The maximum Gasteiger partial charge on any atom is 0.227 e. The minimum Gasteiger partial charge on any atom is -0.394 e. The molecule has 2 aliphatic heterocycles. The molecule has 2 saturated carbocycles. The van der Waals surface area contributed by atoms with Crippen molar-refractivity contribution in [1.82, 2.24) is 9.97 Å². The Labute approximate surface area is 202 Å². The first-order valence-electron chi connectivity index (χ1n) is 12.2. The Morgan fingerprint density at radius 3 is 2.55 bits per heavy atom. The third-order valence-corrected chi connectivity index (χ3v) is 9.97. The normalized spacial score (nSPS) is 25.4. The van der Waals surface area contributed by atoms with Gasteiger partial charge in [-0.25, -0.2) is 4.98 Å². The summed E-state index contributed by atoms with van der Waals surface area (Å²) in [4.78, 5) is 12.9. The molecule has 1 atom stereocenters. The van der Waals surface area contributed by atoms with E-state index >= 15 is 0 Å². The number of hydrogen-bond acceptors (Lipinski definition) is 6. The number of halogens is 1. The van der Waals surface area contributed by atoms with Gasteiger partial charge in [-0.3, -0.25) is 4.21 Å². The molecule has 3 fully saturated rings. The molecule has 2 N–H and O–H groups in total. The number of nitrogens with zero attached hydrogens (tertiary/aromatic N) is 3. The molecule has 1 aromatic heterocycles. The molecule has 2 aromatic rings. The van der Waals surface area contributed by atoms with Gasteiger partial charge in [0.2, 0.25) is 5.95 Å². The van der Waals surface area contributed by atoms with Gasteiger partial charge in [0.1, 0.15) is 10.7 Å². The molecule has 0 radical (unpaired) electrons. The first kappa shape index (κ1) is 21.8. The summed E-state index contributed by atoms with van der Waals surface area (Å²) >= 11 is 6.04. The molecular weight excluding hydrogens is 456 g/mol. The van der Waals surface area contributed by atoms with Crippen LogP contribution in [0.3, 0.4) is 0 Å². The Balaban J connectivity index is 1.21. The van der Waals surface area contributed by atoms with Crippen molar-refractivity contribution in [1.29, 1.82) is 0 Å². The average Bonchev–Trinajstić information content (AvgIpc) is 2.91. The van der Waals surface area contributed by atoms with Crippen LogP contribution in [0, 0.1) is 5.41 Å². The molecule has 1 unspecified atom stereocenters. The summed E-state index contributed by atoms with van der Waals surface area (Å²) in [5, 5.41) is 14.3. The highest BCUT2D eigenvalue weighted by atomic mass is 35.5. The van der Waals surface area contributed by atoms with Crippen molar-refractivity contribution in [2.45, 2.75) is 67.7 Å². The number of rotatable bonds is 5. The van der Waals surface area contributed by atoms with Gasteiger partial charge in [-0.15, -0.1) is 0 Å². The number of aromatic nitrogens is 2. The molecule has 3 heterocycles. The van der Waals surface area contributed by atoms with E-state index in [9.17, 15) is 9.32 Å². The van der Waals surface area contributed by atoms with Crippen molar-refractivity contribution in [3.8, 4) is 0 Å². The first-order chi connectivity index (χ1) is 16.0. The summed E-state index contributed by atoms with van der Waals surface area (Å²) in [5.41, 5.74) is 2.34. The second-order valence-electron chi connectivity index (χ2n) is 10.6. The first-order valence-corrected chi connectivity index (χ1v) is 13.9. The van der Waals surface area contributed by atoms with E-state index in [0.717, 1.165) is 73.2 Å². The summed E-state index contributed by atoms with van der Waals surface area (Å²) in [6, 6.07) is 8.28. The minimum absolute atomic E-state index is 0.0760. The van der Waals surface area contributed by atoms with E-state index in [1.54, 1.807) is 0 Å². The number of nitrogens with one attached hydrogen (secondary N) is 1.